The van der Waals surface area contributed by atoms with Gasteiger partial charge in [-0.25, -0.2) is 0 Å². The molecule has 0 unspecified atom stereocenters. The third kappa shape index (κ3) is 1.92. The van der Waals surface area contributed by atoms with Crippen LogP contribution in [0.2, 0.25) is 0 Å². The molecule has 0 fully saturated rings. The van der Waals surface area contributed by atoms with Gasteiger partial charge in [0.05, 0.1) is 11.9 Å². The Balaban J connectivity index is 2.65. The van der Waals surface area contributed by atoms with Crippen LogP contribution in [0.3, 0.4) is 0 Å². The molecule has 0 bridgehead atoms. The maximum atomic E-state index is 11.6. The van der Waals surface area contributed by atoms with Gasteiger partial charge in [0, 0.05) is 4.47 Å². The van der Waals surface area contributed by atoms with Crippen molar-refractivity contribution in [1.29, 1.82) is 0 Å². The lowest BCUT2D eigenvalue weighted by Gasteiger charge is -2.04. The van der Waals surface area contributed by atoms with Gasteiger partial charge < -0.3 is 5.73 Å². The van der Waals surface area contributed by atoms with Crippen LogP contribution in [0, 0.1) is 0 Å². The predicted octanol–water partition coefficient (Wildman–Crippen LogP) is 1.58. The molecule has 4 nitrogen and oxygen atoms in total. The standard InChI is InChI=1S/C10H8BrN3O/c11-7-2-1-3-8(6-7)14-10(15)9(12)4-5-13-14/h1-6H,12H2. The minimum atomic E-state index is -0.310. The monoisotopic (exact) mass is 265 g/mol. The zero-order valence-corrected chi connectivity index (χ0v) is 9.31. The van der Waals surface area contributed by atoms with E-state index in [1.807, 2.05) is 12.1 Å². The van der Waals surface area contributed by atoms with Gasteiger partial charge in [0.15, 0.2) is 0 Å². The fourth-order valence-corrected chi connectivity index (χ4v) is 1.61. The highest BCUT2D eigenvalue weighted by Gasteiger charge is 2.03. The highest BCUT2D eigenvalue weighted by atomic mass is 79.9. The molecule has 2 aromatic rings. The first-order valence-corrected chi connectivity index (χ1v) is 5.07. The maximum Gasteiger partial charge on any atom is 0.294 e. The summed E-state index contributed by atoms with van der Waals surface area (Å²) in [5, 5.41) is 3.95. The first-order valence-electron chi connectivity index (χ1n) is 4.28. The molecular weight excluding hydrogens is 258 g/mol. The Hall–Kier alpha value is -1.62. The Morgan fingerprint density at radius 3 is 2.87 bits per heavy atom. The summed E-state index contributed by atoms with van der Waals surface area (Å²) < 4.78 is 2.15. The fraction of sp³-hybridized carbons (Fsp3) is 0. The number of hydrogen-bond acceptors (Lipinski definition) is 3. The van der Waals surface area contributed by atoms with E-state index >= 15 is 0 Å². The summed E-state index contributed by atoms with van der Waals surface area (Å²) in [6, 6.07) is 8.78. The SMILES string of the molecule is Nc1ccnn(-c2cccc(Br)c2)c1=O. The lowest BCUT2D eigenvalue weighted by molar-refractivity contribution is 0.810. The van der Waals surface area contributed by atoms with Crippen molar-refractivity contribution in [3.63, 3.8) is 0 Å². The molecule has 0 spiro atoms. The molecule has 0 saturated heterocycles. The van der Waals surface area contributed by atoms with Crippen LogP contribution in [-0.2, 0) is 0 Å². The lowest BCUT2D eigenvalue weighted by atomic mass is 10.3. The smallest absolute Gasteiger partial charge is 0.294 e. The third-order valence-corrected chi connectivity index (χ3v) is 2.42. The third-order valence-electron chi connectivity index (χ3n) is 1.93. The van der Waals surface area contributed by atoms with Crippen molar-refractivity contribution >= 4 is 21.6 Å². The summed E-state index contributed by atoms with van der Waals surface area (Å²) in [4.78, 5) is 11.6. The Kier molecular flexibility index (Phi) is 2.55. The van der Waals surface area contributed by atoms with Gasteiger partial charge in [-0.1, -0.05) is 22.0 Å². The van der Waals surface area contributed by atoms with Crippen molar-refractivity contribution in [2.24, 2.45) is 0 Å². The van der Waals surface area contributed by atoms with Crippen LogP contribution in [0.5, 0.6) is 0 Å². The van der Waals surface area contributed by atoms with E-state index in [2.05, 4.69) is 21.0 Å². The van der Waals surface area contributed by atoms with E-state index in [1.54, 1.807) is 12.1 Å². The van der Waals surface area contributed by atoms with Gasteiger partial charge in [-0.15, -0.1) is 0 Å². The second-order valence-electron chi connectivity index (χ2n) is 2.98. The van der Waals surface area contributed by atoms with E-state index in [-0.39, 0.29) is 11.2 Å². The van der Waals surface area contributed by atoms with E-state index < -0.39 is 0 Å². The highest BCUT2D eigenvalue weighted by Crippen LogP contribution is 2.13. The van der Waals surface area contributed by atoms with Crippen LogP contribution in [0.4, 0.5) is 5.69 Å². The van der Waals surface area contributed by atoms with Crippen molar-refractivity contribution in [3.05, 3.63) is 51.4 Å². The lowest BCUT2D eigenvalue weighted by Crippen LogP contribution is -2.23. The largest absolute Gasteiger partial charge is 0.394 e. The van der Waals surface area contributed by atoms with Crippen molar-refractivity contribution < 1.29 is 0 Å². The minimum Gasteiger partial charge on any atom is -0.394 e. The average Bonchev–Trinajstić information content (AvgIpc) is 2.22. The van der Waals surface area contributed by atoms with Crippen molar-refractivity contribution in [2.45, 2.75) is 0 Å². The van der Waals surface area contributed by atoms with Crippen LogP contribution >= 0.6 is 15.9 Å². The molecular formula is C10H8BrN3O. The van der Waals surface area contributed by atoms with Crippen molar-refractivity contribution in [3.8, 4) is 5.69 Å². The normalized spacial score (nSPS) is 10.2. The number of nitrogens with two attached hydrogens (primary N) is 1. The molecule has 1 aromatic heterocycles. The minimum absolute atomic E-state index is 0.185. The van der Waals surface area contributed by atoms with E-state index in [4.69, 9.17) is 5.73 Å². The van der Waals surface area contributed by atoms with Gasteiger partial charge in [-0.3, -0.25) is 4.79 Å². The van der Waals surface area contributed by atoms with Crippen LogP contribution in [0.25, 0.3) is 5.69 Å². The second-order valence-corrected chi connectivity index (χ2v) is 3.90. The Morgan fingerprint density at radius 2 is 2.13 bits per heavy atom. The number of nitrogens with zero attached hydrogens (tertiary/aromatic N) is 2. The number of rotatable bonds is 1. The fourth-order valence-electron chi connectivity index (χ4n) is 1.22. The first kappa shape index (κ1) is 9.92. The number of hydrogen-bond donors (Lipinski definition) is 1. The quantitative estimate of drug-likeness (QED) is 0.852. The average molecular weight is 266 g/mol. The van der Waals surface area contributed by atoms with Crippen LogP contribution in [-0.4, -0.2) is 9.78 Å². The number of halogens is 1. The Bertz CT molecular complexity index is 550. The molecule has 0 saturated carbocycles. The number of nitrogen functional groups attached to an aromatic ring is 1. The molecule has 0 aliphatic rings. The molecule has 0 atom stereocenters. The van der Waals surface area contributed by atoms with E-state index in [1.165, 1.54) is 16.9 Å². The van der Waals surface area contributed by atoms with Gasteiger partial charge >= 0.3 is 0 Å². The molecule has 1 aromatic carbocycles. The topological polar surface area (TPSA) is 60.9 Å². The summed E-state index contributed by atoms with van der Waals surface area (Å²) in [5.41, 5.74) is 6.07. The number of anilines is 1. The number of benzene rings is 1. The molecule has 15 heavy (non-hydrogen) atoms. The first-order chi connectivity index (χ1) is 7.18. The molecule has 2 N–H and O–H groups in total. The molecule has 0 amide bonds. The number of aromatic nitrogens is 2. The molecule has 0 aliphatic heterocycles. The summed E-state index contributed by atoms with van der Waals surface area (Å²) in [6.45, 7) is 0. The van der Waals surface area contributed by atoms with Gasteiger partial charge in [-0.2, -0.15) is 9.78 Å². The van der Waals surface area contributed by atoms with Gasteiger partial charge in [0.2, 0.25) is 0 Å². The summed E-state index contributed by atoms with van der Waals surface area (Å²) >= 11 is 3.33. The van der Waals surface area contributed by atoms with Gasteiger partial charge in [-0.05, 0) is 24.3 Å². The second kappa shape index (κ2) is 3.86. The summed E-state index contributed by atoms with van der Waals surface area (Å²) in [5.74, 6) is 0. The zero-order chi connectivity index (χ0) is 10.8. The molecule has 0 aliphatic carbocycles. The van der Waals surface area contributed by atoms with Crippen LogP contribution < -0.4 is 11.3 Å². The molecule has 5 heteroatoms. The Labute approximate surface area is 94.5 Å². The maximum absolute atomic E-state index is 11.6. The molecule has 0 radical (unpaired) electrons. The molecule has 76 valence electrons. The van der Waals surface area contributed by atoms with Gasteiger partial charge in [0.25, 0.3) is 5.56 Å². The Morgan fingerprint density at radius 1 is 1.33 bits per heavy atom. The highest BCUT2D eigenvalue weighted by molar-refractivity contribution is 9.10. The zero-order valence-electron chi connectivity index (χ0n) is 7.72. The predicted molar refractivity (Wildman–Crippen MR) is 61.9 cm³/mol. The summed E-state index contributed by atoms with van der Waals surface area (Å²) in [6.07, 6.45) is 1.50. The summed E-state index contributed by atoms with van der Waals surface area (Å²) in [7, 11) is 0. The van der Waals surface area contributed by atoms with Crippen molar-refractivity contribution in [1.82, 2.24) is 9.78 Å². The van der Waals surface area contributed by atoms with E-state index in [9.17, 15) is 4.79 Å². The molecule has 1 heterocycles. The molecule has 2 rings (SSSR count). The van der Waals surface area contributed by atoms with Crippen LogP contribution in [0.1, 0.15) is 0 Å². The van der Waals surface area contributed by atoms with Crippen molar-refractivity contribution in [2.75, 3.05) is 5.73 Å². The van der Waals surface area contributed by atoms with Crippen LogP contribution in [0.15, 0.2) is 45.8 Å². The van der Waals surface area contributed by atoms with E-state index in [0.29, 0.717) is 5.69 Å². The van der Waals surface area contributed by atoms with Gasteiger partial charge in [0.1, 0.15) is 5.69 Å². The van der Waals surface area contributed by atoms with E-state index in [0.717, 1.165) is 4.47 Å².